The van der Waals surface area contributed by atoms with Crippen LogP contribution in [0.3, 0.4) is 0 Å². The van der Waals surface area contributed by atoms with E-state index in [1.54, 1.807) is 0 Å². The second-order valence-electron chi connectivity index (χ2n) is 14.0. The number of nitriles is 2. The lowest BCUT2D eigenvalue weighted by atomic mass is 10.1. The molecule has 0 saturated carbocycles. The van der Waals surface area contributed by atoms with Crippen molar-refractivity contribution in [3.8, 4) is 23.5 Å². The normalized spacial score (nSPS) is 11.6. The molecule has 2 heterocycles. The van der Waals surface area contributed by atoms with Gasteiger partial charge in [0, 0.05) is 32.9 Å². The van der Waals surface area contributed by atoms with Crippen LogP contribution in [0.15, 0.2) is 194 Å². The third kappa shape index (κ3) is 4.96. The van der Waals surface area contributed by atoms with E-state index in [-0.39, 0.29) is 0 Å². The number of hydrogen-bond acceptors (Lipinski definition) is 2. The van der Waals surface area contributed by atoms with Gasteiger partial charge in [0.25, 0.3) is 0 Å². The predicted octanol–water partition coefficient (Wildman–Crippen LogP) is 9.00. The van der Waals surface area contributed by atoms with Gasteiger partial charge in [-0.05, 0) is 93.5 Å². The average Bonchev–Trinajstić information content (AvgIpc) is 3.77. The SMILES string of the molecule is N#Cc1ccc2c(c1)c1cc(C#N)ccc1n2-c1ccc([Si](c2ccccc2)(c2ccccc2)c2ccc3c4ccccc4n(-c4ccccc4)c3c2)cc1. The van der Waals surface area contributed by atoms with E-state index in [0.29, 0.717) is 11.1 Å². The van der Waals surface area contributed by atoms with Crippen LogP contribution in [-0.4, -0.2) is 17.2 Å². The largest absolute Gasteiger partial charge is 0.309 e. The Morgan fingerprint density at radius 2 is 0.764 bits per heavy atom. The highest BCUT2D eigenvalue weighted by molar-refractivity contribution is 7.20. The fourth-order valence-corrected chi connectivity index (χ4v) is 13.5. The van der Waals surface area contributed by atoms with E-state index in [1.807, 2.05) is 36.4 Å². The Labute approximate surface area is 319 Å². The molecule has 256 valence electrons. The third-order valence-electron chi connectivity index (χ3n) is 11.1. The van der Waals surface area contributed by atoms with Gasteiger partial charge >= 0.3 is 0 Å². The van der Waals surface area contributed by atoms with Crippen molar-refractivity contribution in [1.82, 2.24) is 9.13 Å². The first-order valence-electron chi connectivity index (χ1n) is 18.4. The second kappa shape index (κ2) is 12.9. The molecule has 10 rings (SSSR count). The molecule has 5 heteroatoms. The van der Waals surface area contributed by atoms with Crippen LogP contribution >= 0.6 is 0 Å². The molecule has 0 bridgehead atoms. The molecule has 0 fully saturated rings. The molecule has 0 aliphatic carbocycles. The predicted molar refractivity (Wildman–Crippen MR) is 228 cm³/mol. The van der Waals surface area contributed by atoms with Crippen molar-refractivity contribution in [2.45, 2.75) is 0 Å². The number of para-hydroxylation sites is 2. The first-order chi connectivity index (χ1) is 27.2. The Morgan fingerprint density at radius 3 is 1.35 bits per heavy atom. The maximum atomic E-state index is 9.74. The molecule has 0 spiro atoms. The fraction of sp³-hybridized carbons (Fsp3) is 0. The van der Waals surface area contributed by atoms with E-state index in [2.05, 4.69) is 179 Å². The van der Waals surface area contributed by atoms with Crippen LogP contribution in [-0.2, 0) is 0 Å². The Bertz CT molecular complexity index is 3040. The number of nitrogens with zero attached hydrogens (tertiary/aromatic N) is 4. The number of benzene rings is 8. The second-order valence-corrected chi connectivity index (χ2v) is 17.8. The Kier molecular flexibility index (Phi) is 7.56. The molecular weight excluding hydrogens is 685 g/mol. The average molecular weight is 717 g/mol. The smallest absolute Gasteiger partial charge is 0.179 e. The van der Waals surface area contributed by atoms with Crippen molar-refractivity contribution in [2.24, 2.45) is 0 Å². The van der Waals surface area contributed by atoms with Gasteiger partial charge in [0.1, 0.15) is 0 Å². The summed E-state index contributed by atoms with van der Waals surface area (Å²) in [6.07, 6.45) is 0. The molecule has 0 atom stereocenters. The molecule has 0 N–H and O–H groups in total. The van der Waals surface area contributed by atoms with Crippen LogP contribution in [0.25, 0.3) is 55.0 Å². The zero-order valence-corrected chi connectivity index (χ0v) is 30.8. The lowest BCUT2D eigenvalue weighted by molar-refractivity contribution is 1.18. The quantitative estimate of drug-likeness (QED) is 0.127. The Balaban J connectivity index is 1.25. The Morgan fingerprint density at radius 1 is 0.327 bits per heavy atom. The van der Waals surface area contributed by atoms with E-state index in [4.69, 9.17) is 0 Å². The van der Waals surface area contributed by atoms with E-state index < -0.39 is 8.07 Å². The minimum atomic E-state index is -2.92. The summed E-state index contributed by atoms with van der Waals surface area (Å²) in [5, 5.41) is 29.0. The molecule has 0 aliphatic rings. The van der Waals surface area contributed by atoms with Crippen LogP contribution in [0.2, 0.25) is 0 Å². The summed E-state index contributed by atoms with van der Waals surface area (Å²) in [6.45, 7) is 0. The fourth-order valence-electron chi connectivity index (χ4n) is 8.74. The molecule has 0 radical (unpaired) electrons. The standard InChI is InChI=1S/C50H32N4Si/c51-33-35-20-28-48-45(30-35)46-31-36(34-52)21-29-49(46)53(48)38-22-24-41(25-23-38)55(39-14-6-2-7-15-39,40-16-8-3-9-17-40)42-26-27-44-43-18-10-11-19-47(43)54(50(44)32-42)37-12-4-1-5-13-37/h1-32H. The van der Waals surface area contributed by atoms with Crippen LogP contribution < -0.4 is 20.7 Å². The summed E-state index contributed by atoms with van der Waals surface area (Å²) in [5.74, 6) is 0. The zero-order valence-electron chi connectivity index (χ0n) is 29.8. The lowest BCUT2D eigenvalue weighted by Gasteiger charge is -2.34. The molecule has 4 nitrogen and oxygen atoms in total. The molecule has 2 aromatic heterocycles. The number of hydrogen-bond donors (Lipinski definition) is 0. The minimum Gasteiger partial charge on any atom is -0.309 e. The summed E-state index contributed by atoms with van der Waals surface area (Å²) < 4.78 is 4.65. The van der Waals surface area contributed by atoms with Gasteiger partial charge in [-0.15, -0.1) is 0 Å². The maximum Gasteiger partial charge on any atom is 0.179 e. The van der Waals surface area contributed by atoms with Crippen LogP contribution in [0.1, 0.15) is 11.1 Å². The summed E-state index contributed by atoms with van der Waals surface area (Å²) in [4.78, 5) is 0. The molecule has 55 heavy (non-hydrogen) atoms. The van der Waals surface area contributed by atoms with Crippen molar-refractivity contribution >= 4 is 72.4 Å². The van der Waals surface area contributed by atoms with Gasteiger partial charge in [-0.1, -0.05) is 121 Å². The topological polar surface area (TPSA) is 57.4 Å². The highest BCUT2D eigenvalue weighted by Crippen LogP contribution is 2.34. The zero-order chi connectivity index (χ0) is 36.9. The molecule has 0 saturated heterocycles. The molecule has 0 amide bonds. The van der Waals surface area contributed by atoms with Crippen LogP contribution in [0.5, 0.6) is 0 Å². The number of rotatable bonds is 6. The van der Waals surface area contributed by atoms with Crippen molar-refractivity contribution in [1.29, 1.82) is 10.5 Å². The number of aromatic nitrogens is 2. The Hall–Kier alpha value is -7.44. The monoisotopic (exact) mass is 716 g/mol. The molecule has 0 unspecified atom stereocenters. The van der Waals surface area contributed by atoms with Crippen molar-refractivity contribution in [3.05, 3.63) is 205 Å². The van der Waals surface area contributed by atoms with Crippen LogP contribution in [0, 0.1) is 22.7 Å². The van der Waals surface area contributed by atoms with Gasteiger partial charge in [0.15, 0.2) is 8.07 Å². The van der Waals surface area contributed by atoms with Crippen molar-refractivity contribution in [2.75, 3.05) is 0 Å². The first-order valence-corrected chi connectivity index (χ1v) is 20.4. The van der Waals surface area contributed by atoms with Gasteiger partial charge in [-0.25, -0.2) is 0 Å². The van der Waals surface area contributed by atoms with Crippen molar-refractivity contribution < 1.29 is 0 Å². The summed E-state index contributed by atoms with van der Waals surface area (Å²) in [7, 11) is -2.92. The molecule has 10 aromatic rings. The van der Waals surface area contributed by atoms with E-state index >= 15 is 0 Å². The summed E-state index contributed by atoms with van der Waals surface area (Å²) in [5.41, 5.74) is 7.69. The maximum absolute atomic E-state index is 9.74. The van der Waals surface area contributed by atoms with E-state index in [1.165, 1.54) is 42.6 Å². The first kappa shape index (κ1) is 32.2. The highest BCUT2D eigenvalue weighted by atomic mass is 28.3. The van der Waals surface area contributed by atoms with Crippen LogP contribution in [0.4, 0.5) is 0 Å². The number of fused-ring (bicyclic) bond motifs is 6. The minimum absolute atomic E-state index is 0.592. The van der Waals surface area contributed by atoms with Gasteiger partial charge in [0.2, 0.25) is 0 Å². The molecular formula is C50H32N4Si. The van der Waals surface area contributed by atoms with E-state index in [0.717, 1.165) is 33.2 Å². The van der Waals surface area contributed by atoms with Crippen molar-refractivity contribution in [3.63, 3.8) is 0 Å². The molecule has 8 aromatic carbocycles. The summed E-state index contributed by atoms with van der Waals surface area (Å²) in [6, 6.07) is 73.9. The third-order valence-corrected chi connectivity index (χ3v) is 15.9. The molecule has 0 aliphatic heterocycles. The van der Waals surface area contributed by atoms with Gasteiger partial charge in [0.05, 0.1) is 45.3 Å². The highest BCUT2D eigenvalue weighted by Gasteiger charge is 2.42. The van der Waals surface area contributed by atoms with E-state index in [9.17, 15) is 10.5 Å². The van der Waals surface area contributed by atoms with Gasteiger partial charge in [-0.2, -0.15) is 10.5 Å². The van der Waals surface area contributed by atoms with Gasteiger partial charge < -0.3 is 9.13 Å². The lowest BCUT2D eigenvalue weighted by Crippen LogP contribution is -2.74. The summed E-state index contributed by atoms with van der Waals surface area (Å²) >= 11 is 0. The van der Waals surface area contributed by atoms with Gasteiger partial charge in [-0.3, -0.25) is 0 Å².